The van der Waals surface area contributed by atoms with Crippen LogP contribution in [0.4, 0.5) is 0 Å². The van der Waals surface area contributed by atoms with E-state index in [-0.39, 0.29) is 30.4 Å². The summed E-state index contributed by atoms with van der Waals surface area (Å²) in [4.78, 5) is 12.5. The van der Waals surface area contributed by atoms with Gasteiger partial charge in [-0.15, -0.1) is 0 Å². The Morgan fingerprint density at radius 3 is 2.36 bits per heavy atom. The molecule has 0 saturated carbocycles. The van der Waals surface area contributed by atoms with Gasteiger partial charge in [-0.3, -0.25) is 4.79 Å². The second-order valence-corrected chi connectivity index (χ2v) is 8.09. The van der Waals surface area contributed by atoms with Crippen molar-refractivity contribution in [2.24, 2.45) is 0 Å². The lowest BCUT2D eigenvalue weighted by Gasteiger charge is -2.21. The summed E-state index contributed by atoms with van der Waals surface area (Å²) in [6, 6.07) is 12.0. The van der Waals surface area contributed by atoms with Crippen molar-refractivity contribution in [2.75, 3.05) is 27.3 Å². The minimum Gasteiger partial charge on any atom is -0.496 e. The van der Waals surface area contributed by atoms with Crippen LogP contribution in [0.15, 0.2) is 47.4 Å². The third-order valence-electron chi connectivity index (χ3n) is 4.35. The monoisotopic (exact) mass is 406 g/mol. The highest BCUT2D eigenvalue weighted by Gasteiger charge is 2.25. The second-order valence-electron chi connectivity index (χ2n) is 6.15. The third kappa shape index (κ3) is 5.02. The average molecular weight is 407 g/mol. The number of aryl methyl sites for hydroxylation is 1. The van der Waals surface area contributed by atoms with Gasteiger partial charge in [-0.1, -0.05) is 25.1 Å². The first-order chi connectivity index (χ1) is 13.3. The Labute approximate surface area is 166 Å². The first-order valence-corrected chi connectivity index (χ1v) is 10.3. The number of methoxy groups -OCH3 is 2. The summed E-state index contributed by atoms with van der Waals surface area (Å²) < 4.78 is 37.4. The summed E-state index contributed by atoms with van der Waals surface area (Å²) in [6.45, 7) is 3.63. The first-order valence-electron chi connectivity index (χ1n) is 8.86. The summed E-state index contributed by atoms with van der Waals surface area (Å²) in [5, 5.41) is 2.75. The topological polar surface area (TPSA) is 84.9 Å². The molecule has 2 aromatic carbocycles. The van der Waals surface area contributed by atoms with E-state index in [9.17, 15) is 13.2 Å². The molecule has 2 rings (SSSR count). The predicted octanol–water partition coefficient (Wildman–Crippen LogP) is 2.34. The number of hydrogen-bond acceptors (Lipinski definition) is 5. The van der Waals surface area contributed by atoms with Crippen LogP contribution >= 0.6 is 0 Å². The molecular weight excluding hydrogens is 380 g/mol. The maximum absolute atomic E-state index is 12.9. The maximum Gasteiger partial charge on any atom is 0.243 e. The molecule has 28 heavy (non-hydrogen) atoms. The van der Waals surface area contributed by atoms with Crippen LogP contribution in [0.2, 0.25) is 0 Å². The number of para-hydroxylation sites is 1. The fourth-order valence-electron chi connectivity index (χ4n) is 2.79. The molecule has 0 atom stereocenters. The molecule has 0 radical (unpaired) electrons. The minimum absolute atomic E-state index is 0.130. The lowest BCUT2D eigenvalue weighted by molar-refractivity contribution is -0.121. The molecule has 1 N–H and O–H groups in total. The van der Waals surface area contributed by atoms with Gasteiger partial charge >= 0.3 is 0 Å². The van der Waals surface area contributed by atoms with Gasteiger partial charge in [0.2, 0.25) is 15.9 Å². The normalized spacial score (nSPS) is 11.3. The summed E-state index contributed by atoms with van der Waals surface area (Å²) in [5.41, 5.74) is 1.52. The Morgan fingerprint density at radius 1 is 1.07 bits per heavy atom. The molecule has 0 heterocycles. The number of amides is 1. The molecule has 0 aliphatic carbocycles. The molecule has 0 aliphatic heterocycles. The molecule has 0 bridgehead atoms. The number of sulfonamides is 1. The van der Waals surface area contributed by atoms with Crippen molar-refractivity contribution in [1.29, 1.82) is 0 Å². The van der Waals surface area contributed by atoms with Crippen LogP contribution in [-0.2, 0) is 21.4 Å². The minimum atomic E-state index is -3.80. The van der Waals surface area contributed by atoms with E-state index in [2.05, 4.69) is 5.32 Å². The van der Waals surface area contributed by atoms with Crippen LogP contribution < -0.4 is 14.8 Å². The lowest BCUT2D eigenvalue weighted by Crippen LogP contribution is -2.40. The first kappa shape index (κ1) is 21.7. The number of ether oxygens (including phenoxy) is 2. The van der Waals surface area contributed by atoms with Gasteiger partial charge in [-0.05, 0) is 36.8 Å². The van der Waals surface area contributed by atoms with Gasteiger partial charge in [-0.2, -0.15) is 4.31 Å². The highest BCUT2D eigenvalue weighted by atomic mass is 32.2. The van der Waals surface area contributed by atoms with Crippen molar-refractivity contribution in [1.82, 2.24) is 9.62 Å². The van der Waals surface area contributed by atoms with Crippen LogP contribution in [0.1, 0.15) is 18.1 Å². The molecule has 0 unspecified atom stereocenters. The second kappa shape index (κ2) is 9.57. The van der Waals surface area contributed by atoms with Crippen molar-refractivity contribution in [3.8, 4) is 11.5 Å². The van der Waals surface area contributed by atoms with Crippen molar-refractivity contribution >= 4 is 15.9 Å². The summed E-state index contributed by atoms with van der Waals surface area (Å²) in [7, 11) is -0.710. The van der Waals surface area contributed by atoms with E-state index < -0.39 is 10.0 Å². The lowest BCUT2D eigenvalue weighted by atomic mass is 10.2. The highest BCUT2D eigenvalue weighted by Crippen LogP contribution is 2.23. The molecule has 0 saturated heterocycles. The molecular formula is C20H26N2O5S. The van der Waals surface area contributed by atoms with Crippen molar-refractivity contribution in [3.63, 3.8) is 0 Å². The smallest absolute Gasteiger partial charge is 0.243 e. The van der Waals surface area contributed by atoms with Crippen LogP contribution in [0.3, 0.4) is 0 Å². The van der Waals surface area contributed by atoms with E-state index in [1.807, 2.05) is 18.2 Å². The van der Waals surface area contributed by atoms with Crippen LogP contribution in [0, 0.1) is 6.92 Å². The molecule has 1 amide bonds. The Kier molecular flexibility index (Phi) is 7.42. The number of nitrogens with zero attached hydrogens (tertiary/aromatic N) is 1. The molecule has 7 nitrogen and oxygen atoms in total. The Morgan fingerprint density at radius 2 is 1.75 bits per heavy atom. The van der Waals surface area contributed by atoms with E-state index in [0.29, 0.717) is 17.1 Å². The number of carbonyl (C=O) groups excluding carboxylic acids is 1. The summed E-state index contributed by atoms with van der Waals surface area (Å²) in [5.74, 6) is 0.884. The molecule has 8 heteroatoms. The van der Waals surface area contributed by atoms with Gasteiger partial charge in [0.15, 0.2) is 0 Å². The largest absolute Gasteiger partial charge is 0.496 e. The molecule has 2 aromatic rings. The van der Waals surface area contributed by atoms with Crippen LogP contribution in [0.25, 0.3) is 0 Å². The quantitative estimate of drug-likeness (QED) is 0.691. The van der Waals surface area contributed by atoms with Gasteiger partial charge in [0.1, 0.15) is 11.5 Å². The average Bonchev–Trinajstić information content (AvgIpc) is 2.70. The summed E-state index contributed by atoms with van der Waals surface area (Å²) >= 11 is 0. The van der Waals surface area contributed by atoms with Crippen molar-refractivity contribution in [2.45, 2.75) is 25.3 Å². The van der Waals surface area contributed by atoms with Crippen molar-refractivity contribution < 1.29 is 22.7 Å². The number of likely N-dealkylation sites (N-methyl/N-ethyl adjacent to an activating group) is 1. The van der Waals surface area contributed by atoms with E-state index in [4.69, 9.17) is 9.47 Å². The SMILES string of the molecule is CCN(CC(=O)NCc1ccccc1OC)S(=O)(=O)c1ccc(OC)c(C)c1. The zero-order valence-corrected chi connectivity index (χ0v) is 17.4. The molecule has 0 aromatic heterocycles. The number of benzene rings is 2. The third-order valence-corrected chi connectivity index (χ3v) is 6.26. The number of carbonyl (C=O) groups is 1. The van der Waals surface area contributed by atoms with E-state index in [1.165, 1.54) is 13.2 Å². The molecule has 0 fully saturated rings. The maximum atomic E-state index is 12.9. The van der Waals surface area contributed by atoms with Gasteiger partial charge < -0.3 is 14.8 Å². The van der Waals surface area contributed by atoms with Gasteiger partial charge in [-0.25, -0.2) is 8.42 Å². The van der Waals surface area contributed by atoms with Gasteiger partial charge in [0.25, 0.3) is 0 Å². The fraction of sp³-hybridized carbons (Fsp3) is 0.350. The van der Waals surface area contributed by atoms with Gasteiger partial charge in [0, 0.05) is 18.7 Å². The highest BCUT2D eigenvalue weighted by molar-refractivity contribution is 7.89. The van der Waals surface area contributed by atoms with E-state index in [1.54, 1.807) is 39.2 Å². The zero-order valence-electron chi connectivity index (χ0n) is 16.6. The van der Waals surface area contributed by atoms with Crippen LogP contribution in [-0.4, -0.2) is 45.9 Å². The zero-order chi connectivity index (χ0) is 20.7. The van der Waals surface area contributed by atoms with Crippen molar-refractivity contribution in [3.05, 3.63) is 53.6 Å². The predicted molar refractivity (Wildman–Crippen MR) is 107 cm³/mol. The standard InChI is InChI=1S/C20H26N2O5S/c1-5-22(28(24,25)17-10-11-18(26-3)15(2)12-17)14-20(23)21-13-16-8-6-7-9-19(16)27-4/h6-12H,5,13-14H2,1-4H3,(H,21,23). The molecule has 0 aliphatic rings. The number of rotatable bonds is 9. The Bertz CT molecular complexity index is 928. The summed E-state index contributed by atoms with van der Waals surface area (Å²) in [6.07, 6.45) is 0. The Balaban J connectivity index is 2.09. The van der Waals surface area contributed by atoms with Crippen LogP contribution in [0.5, 0.6) is 11.5 Å². The van der Waals surface area contributed by atoms with Gasteiger partial charge in [0.05, 0.1) is 25.7 Å². The number of hydrogen-bond donors (Lipinski definition) is 1. The molecule has 0 spiro atoms. The molecule has 152 valence electrons. The van der Waals surface area contributed by atoms with E-state index in [0.717, 1.165) is 9.87 Å². The van der Waals surface area contributed by atoms with E-state index >= 15 is 0 Å². The number of nitrogens with one attached hydrogen (secondary N) is 1. The fourth-order valence-corrected chi connectivity index (χ4v) is 4.28. The Hall–Kier alpha value is -2.58.